The number of ether oxygens (including phenoxy) is 3. The van der Waals surface area contributed by atoms with Crippen LogP contribution in [0.5, 0.6) is 5.75 Å². The number of fused-ring (bicyclic) bond motifs is 1. The van der Waals surface area contributed by atoms with Gasteiger partial charge in [0.05, 0.1) is 31.8 Å². The van der Waals surface area contributed by atoms with E-state index in [0.29, 0.717) is 6.07 Å². The molecule has 0 fully saturated rings. The van der Waals surface area contributed by atoms with Gasteiger partial charge in [0.25, 0.3) is 5.91 Å². The zero-order chi connectivity index (χ0) is 23.6. The van der Waals surface area contributed by atoms with Gasteiger partial charge in [0.1, 0.15) is 22.9 Å². The molecule has 32 heavy (non-hydrogen) atoms. The highest BCUT2D eigenvalue weighted by Gasteiger charge is 2.48. The Balaban J connectivity index is 1.99. The summed E-state index contributed by atoms with van der Waals surface area (Å²) >= 11 is 0. The van der Waals surface area contributed by atoms with Crippen LogP contribution in [0.2, 0.25) is 0 Å². The number of carbonyl (C=O) groups is 2. The maximum absolute atomic E-state index is 13.8. The van der Waals surface area contributed by atoms with Crippen LogP contribution in [0, 0.1) is 17.0 Å². The van der Waals surface area contributed by atoms with Crippen molar-refractivity contribution < 1.29 is 32.6 Å². The Hall–Kier alpha value is -3.11. The summed E-state index contributed by atoms with van der Waals surface area (Å²) < 4.78 is 44.3. The summed E-state index contributed by atoms with van der Waals surface area (Å²) in [6, 6.07) is 2.96. The van der Waals surface area contributed by atoms with Crippen molar-refractivity contribution in [1.82, 2.24) is 9.88 Å². The number of carbonyl (C=O) groups excluding carboxylic acids is 2. The highest BCUT2D eigenvalue weighted by molar-refractivity contribution is 6.03. The number of amides is 1. The molecule has 2 atom stereocenters. The normalized spacial score (nSPS) is 20.1. The van der Waals surface area contributed by atoms with Crippen molar-refractivity contribution in [3.8, 4) is 5.75 Å². The van der Waals surface area contributed by atoms with E-state index >= 15 is 0 Å². The molecule has 2 aromatic rings. The summed E-state index contributed by atoms with van der Waals surface area (Å²) in [4.78, 5) is 39.0. The van der Waals surface area contributed by atoms with Gasteiger partial charge in [-0.1, -0.05) is 6.07 Å². The number of aromatic nitrogens is 1. The molecule has 3 rings (SSSR count). The number of hydrogen-bond donors (Lipinski definition) is 1. The monoisotopic (exact) mass is 450 g/mol. The third-order valence-corrected chi connectivity index (χ3v) is 5.68. The molecule has 0 bridgehead atoms. The number of nitrogens with zero attached hydrogens (tertiary/aromatic N) is 1. The van der Waals surface area contributed by atoms with Gasteiger partial charge in [0, 0.05) is 38.6 Å². The van der Waals surface area contributed by atoms with Crippen molar-refractivity contribution in [1.29, 1.82) is 0 Å². The van der Waals surface area contributed by atoms with Crippen LogP contribution in [0.3, 0.4) is 0 Å². The molecule has 1 aliphatic heterocycles. The van der Waals surface area contributed by atoms with E-state index in [2.05, 4.69) is 5.32 Å². The van der Waals surface area contributed by atoms with E-state index in [9.17, 15) is 23.2 Å². The average molecular weight is 450 g/mol. The zero-order valence-electron chi connectivity index (χ0n) is 18.2. The third kappa shape index (κ3) is 4.03. The number of benzene rings is 1. The Bertz CT molecular complexity index is 1120. The number of Topliss-reactive ketones (excluding diaryl/α,β-unsaturated/α-hetero) is 1. The van der Waals surface area contributed by atoms with Gasteiger partial charge >= 0.3 is 0 Å². The number of nitrogens with one attached hydrogen (secondary N) is 1. The largest absolute Gasteiger partial charge is 0.491 e. The summed E-state index contributed by atoms with van der Waals surface area (Å²) in [6.07, 6.45) is 0.672. The summed E-state index contributed by atoms with van der Waals surface area (Å²) in [5, 5.41) is 2.44. The van der Waals surface area contributed by atoms with Crippen LogP contribution in [-0.2, 0) is 22.6 Å². The second kappa shape index (κ2) is 9.17. The van der Waals surface area contributed by atoms with Crippen LogP contribution >= 0.6 is 0 Å². The standard InChI is InChI=1S/C22H24F2N2O6/c1-22(11-30-2)16(31-3)10-26-9-14(18(27)19(32-4)17(26)20(22)28)21(29)25-8-12-5-6-13(23)7-15(12)24/h5-7,9,16H,8,10-11H2,1-4H3,(H,25,29)/t16-,22+/m0/s1. The summed E-state index contributed by atoms with van der Waals surface area (Å²) in [5.74, 6) is -3.04. The van der Waals surface area contributed by atoms with Gasteiger partial charge < -0.3 is 24.1 Å². The first kappa shape index (κ1) is 23.6. The van der Waals surface area contributed by atoms with Crippen LogP contribution in [0.4, 0.5) is 8.78 Å². The molecule has 1 N–H and O–H groups in total. The van der Waals surface area contributed by atoms with Gasteiger partial charge in [0.2, 0.25) is 5.43 Å². The smallest absolute Gasteiger partial charge is 0.257 e. The van der Waals surface area contributed by atoms with Gasteiger partial charge in [-0.05, 0) is 13.0 Å². The van der Waals surface area contributed by atoms with Gasteiger partial charge in [-0.2, -0.15) is 0 Å². The van der Waals surface area contributed by atoms with Gasteiger partial charge in [0.15, 0.2) is 11.5 Å². The first-order chi connectivity index (χ1) is 15.2. The van der Waals surface area contributed by atoms with Crippen molar-refractivity contribution in [2.45, 2.75) is 26.1 Å². The second-order valence-electron chi connectivity index (χ2n) is 7.73. The molecule has 0 aliphatic carbocycles. The Morgan fingerprint density at radius 2 is 1.97 bits per heavy atom. The highest BCUT2D eigenvalue weighted by Crippen LogP contribution is 2.37. The fourth-order valence-corrected chi connectivity index (χ4v) is 3.89. The quantitative estimate of drug-likeness (QED) is 0.693. The van der Waals surface area contributed by atoms with Gasteiger partial charge in [-0.25, -0.2) is 8.78 Å². The fraction of sp³-hybridized carbons (Fsp3) is 0.409. The summed E-state index contributed by atoms with van der Waals surface area (Å²) in [5.41, 5.74) is -2.06. The van der Waals surface area contributed by atoms with Crippen molar-refractivity contribution in [2.24, 2.45) is 5.41 Å². The molecule has 1 amide bonds. The lowest BCUT2D eigenvalue weighted by Gasteiger charge is -2.40. The molecule has 8 nitrogen and oxygen atoms in total. The lowest BCUT2D eigenvalue weighted by atomic mass is 9.76. The molecule has 1 aliphatic rings. The maximum Gasteiger partial charge on any atom is 0.257 e. The maximum atomic E-state index is 13.8. The van der Waals surface area contributed by atoms with Crippen molar-refractivity contribution in [2.75, 3.05) is 27.9 Å². The molecule has 1 aromatic carbocycles. The van der Waals surface area contributed by atoms with Crippen LogP contribution in [0.25, 0.3) is 0 Å². The Morgan fingerprint density at radius 3 is 2.56 bits per heavy atom. The minimum atomic E-state index is -1.06. The lowest BCUT2D eigenvalue weighted by molar-refractivity contribution is -0.0449. The number of methoxy groups -OCH3 is 3. The molecule has 1 aromatic heterocycles. The topological polar surface area (TPSA) is 95.9 Å². The van der Waals surface area contributed by atoms with Crippen LogP contribution in [0.15, 0.2) is 29.2 Å². The number of rotatable bonds is 7. The average Bonchev–Trinajstić information content (AvgIpc) is 2.75. The molecule has 0 radical (unpaired) electrons. The highest BCUT2D eigenvalue weighted by atomic mass is 19.1. The van der Waals surface area contributed by atoms with Crippen molar-refractivity contribution in [3.05, 3.63) is 63.1 Å². The van der Waals surface area contributed by atoms with Gasteiger partial charge in [-0.3, -0.25) is 14.4 Å². The Morgan fingerprint density at radius 1 is 1.25 bits per heavy atom. The van der Waals surface area contributed by atoms with E-state index in [1.807, 2.05) is 0 Å². The Labute approximate surface area is 183 Å². The van der Waals surface area contributed by atoms with Crippen LogP contribution in [0.1, 0.15) is 33.3 Å². The minimum Gasteiger partial charge on any atom is -0.491 e. The van der Waals surface area contributed by atoms with E-state index < -0.39 is 40.3 Å². The predicted molar refractivity (Wildman–Crippen MR) is 110 cm³/mol. The van der Waals surface area contributed by atoms with E-state index in [4.69, 9.17) is 14.2 Å². The summed E-state index contributed by atoms with van der Waals surface area (Å²) in [7, 11) is 4.15. The van der Waals surface area contributed by atoms with Crippen LogP contribution in [-0.4, -0.2) is 50.3 Å². The lowest BCUT2D eigenvalue weighted by Crippen LogP contribution is -2.52. The van der Waals surface area contributed by atoms with E-state index in [0.717, 1.165) is 6.07 Å². The number of hydrogen-bond acceptors (Lipinski definition) is 6. The molecule has 0 saturated heterocycles. The minimum absolute atomic E-state index is 0.0199. The van der Waals surface area contributed by atoms with E-state index in [1.54, 1.807) is 6.92 Å². The SMILES string of the molecule is COC[C@@]1(C)C(=O)c2c(OC)c(=O)c(C(=O)NCc3ccc(F)cc3F)cn2C[C@@H]1OC. The molecule has 172 valence electrons. The summed E-state index contributed by atoms with van der Waals surface area (Å²) in [6.45, 7) is 1.65. The second-order valence-corrected chi connectivity index (χ2v) is 7.73. The van der Waals surface area contributed by atoms with Crippen LogP contribution < -0.4 is 15.5 Å². The predicted octanol–water partition coefficient (Wildman–Crippen LogP) is 1.93. The van der Waals surface area contributed by atoms with Crippen molar-refractivity contribution in [3.63, 3.8) is 0 Å². The zero-order valence-corrected chi connectivity index (χ0v) is 18.2. The molecular weight excluding hydrogens is 426 g/mol. The third-order valence-electron chi connectivity index (χ3n) is 5.68. The van der Waals surface area contributed by atoms with Gasteiger partial charge in [-0.15, -0.1) is 0 Å². The molecular formula is C22H24F2N2O6. The first-order valence-electron chi connectivity index (χ1n) is 9.78. The van der Waals surface area contributed by atoms with E-state index in [1.165, 1.54) is 38.2 Å². The molecule has 10 heteroatoms. The van der Waals surface area contributed by atoms with Crippen molar-refractivity contribution >= 4 is 11.7 Å². The molecule has 0 saturated carbocycles. The number of pyridine rings is 1. The molecule has 0 spiro atoms. The Kier molecular flexibility index (Phi) is 6.75. The first-order valence-corrected chi connectivity index (χ1v) is 9.78. The fourth-order valence-electron chi connectivity index (χ4n) is 3.89. The number of halogens is 2. The molecule has 2 heterocycles. The number of ketones is 1. The van der Waals surface area contributed by atoms with E-state index in [-0.39, 0.29) is 42.3 Å². The molecule has 0 unspecified atom stereocenters.